The molecule has 0 amide bonds. The van der Waals surface area contributed by atoms with Crippen LogP contribution in [0.25, 0.3) is 0 Å². The summed E-state index contributed by atoms with van der Waals surface area (Å²) in [4.78, 5) is 0. The van der Waals surface area contributed by atoms with E-state index in [1.807, 2.05) is 42.5 Å². The van der Waals surface area contributed by atoms with Crippen LogP contribution >= 0.6 is 0 Å². The zero-order valence-electron chi connectivity index (χ0n) is 9.39. The number of anilines is 1. The van der Waals surface area contributed by atoms with Gasteiger partial charge < -0.3 is 10.5 Å². The van der Waals surface area contributed by atoms with Crippen LogP contribution in [0, 0.1) is 11.8 Å². The fourth-order valence-corrected chi connectivity index (χ4v) is 1.34. The number of nitrogens with two attached hydrogens (primary N) is 1. The minimum Gasteiger partial charge on any atom is -0.481 e. The van der Waals surface area contributed by atoms with Gasteiger partial charge in [-0.2, -0.15) is 0 Å². The van der Waals surface area contributed by atoms with Crippen LogP contribution in [0.4, 0.5) is 5.69 Å². The van der Waals surface area contributed by atoms with Crippen LogP contribution in [0.15, 0.2) is 54.6 Å². The molecule has 0 saturated carbocycles. The monoisotopic (exact) mass is 223 g/mol. The summed E-state index contributed by atoms with van der Waals surface area (Å²) in [5, 5.41) is 0. The Morgan fingerprint density at radius 3 is 2.35 bits per heavy atom. The summed E-state index contributed by atoms with van der Waals surface area (Å²) in [6.07, 6.45) is 0. The Morgan fingerprint density at radius 1 is 0.941 bits per heavy atom. The minimum atomic E-state index is 0.374. The third-order valence-electron chi connectivity index (χ3n) is 2.20. The van der Waals surface area contributed by atoms with Gasteiger partial charge in [0.05, 0.1) is 0 Å². The summed E-state index contributed by atoms with van der Waals surface area (Å²) in [5.41, 5.74) is 7.30. The predicted molar refractivity (Wildman–Crippen MR) is 69.7 cm³/mol. The van der Waals surface area contributed by atoms with Crippen molar-refractivity contribution in [3.8, 4) is 17.6 Å². The lowest BCUT2D eigenvalue weighted by Crippen LogP contribution is -1.94. The van der Waals surface area contributed by atoms with Crippen molar-refractivity contribution in [3.63, 3.8) is 0 Å². The molecule has 2 aromatic carbocycles. The maximum Gasteiger partial charge on any atom is 0.149 e. The van der Waals surface area contributed by atoms with Gasteiger partial charge >= 0.3 is 0 Å². The van der Waals surface area contributed by atoms with Gasteiger partial charge in [-0.05, 0) is 36.4 Å². The Balaban J connectivity index is 1.88. The molecule has 0 fully saturated rings. The van der Waals surface area contributed by atoms with Gasteiger partial charge in [0.2, 0.25) is 0 Å². The SMILES string of the molecule is Nc1ccc(OCC#Cc2ccccc2)cc1. The molecule has 0 saturated heterocycles. The van der Waals surface area contributed by atoms with Crippen LogP contribution in [0.3, 0.4) is 0 Å². The van der Waals surface area contributed by atoms with Crippen molar-refractivity contribution in [2.24, 2.45) is 0 Å². The van der Waals surface area contributed by atoms with Crippen LogP contribution < -0.4 is 10.5 Å². The van der Waals surface area contributed by atoms with E-state index in [1.54, 1.807) is 12.1 Å². The van der Waals surface area contributed by atoms with Gasteiger partial charge in [0.1, 0.15) is 12.4 Å². The van der Waals surface area contributed by atoms with Gasteiger partial charge in [0, 0.05) is 11.3 Å². The van der Waals surface area contributed by atoms with Crippen molar-refractivity contribution >= 4 is 5.69 Å². The highest BCUT2D eigenvalue weighted by atomic mass is 16.5. The van der Waals surface area contributed by atoms with E-state index in [0.29, 0.717) is 6.61 Å². The van der Waals surface area contributed by atoms with Crippen molar-refractivity contribution in [2.75, 3.05) is 12.3 Å². The molecule has 17 heavy (non-hydrogen) atoms. The summed E-state index contributed by atoms with van der Waals surface area (Å²) < 4.78 is 5.45. The first-order valence-electron chi connectivity index (χ1n) is 5.37. The molecule has 2 aromatic rings. The van der Waals surface area contributed by atoms with E-state index in [-0.39, 0.29) is 0 Å². The largest absolute Gasteiger partial charge is 0.481 e. The van der Waals surface area contributed by atoms with Crippen LogP contribution in [-0.4, -0.2) is 6.61 Å². The summed E-state index contributed by atoms with van der Waals surface area (Å²) in [6, 6.07) is 17.1. The molecular weight excluding hydrogens is 210 g/mol. The van der Waals surface area contributed by atoms with E-state index in [2.05, 4.69) is 11.8 Å². The number of benzene rings is 2. The Labute approximate surface area is 101 Å². The van der Waals surface area contributed by atoms with Crippen molar-refractivity contribution in [2.45, 2.75) is 0 Å². The lowest BCUT2D eigenvalue weighted by Gasteiger charge is -2.01. The number of hydrogen-bond acceptors (Lipinski definition) is 2. The Kier molecular flexibility index (Phi) is 3.67. The molecule has 2 nitrogen and oxygen atoms in total. The standard InChI is InChI=1S/C15H13NO/c16-14-8-10-15(11-9-14)17-12-4-7-13-5-2-1-3-6-13/h1-3,5-6,8-11H,12,16H2. The number of hydrogen-bond donors (Lipinski definition) is 1. The topological polar surface area (TPSA) is 35.2 Å². The quantitative estimate of drug-likeness (QED) is 0.627. The van der Waals surface area contributed by atoms with Crippen molar-refractivity contribution < 1.29 is 4.74 Å². The molecule has 0 aliphatic rings. The molecular formula is C15H13NO. The Hall–Kier alpha value is -2.40. The third kappa shape index (κ3) is 3.58. The summed E-state index contributed by atoms with van der Waals surface area (Å²) in [5.74, 6) is 6.77. The zero-order valence-corrected chi connectivity index (χ0v) is 9.39. The molecule has 0 heterocycles. The normalized spacial score (nSPS) is 9.18. The highest BCUT2D eigenvalue weighted by Crippen LogP contribution is 2.12. The summed E-state index contributed by atoms with van der Waals surface area (Å²) >= 11 is 0. The number of ether oxygens (including phenoxy) is 1. The van der Waals surface area contributed by atoms with Gasteiger partial charge in [-0.3, -0.25) is 0 Å². The third-order valence-corrected chi connectivity index (χ3v) is 2.20. The first-order valence-corrected chi connectivity index (χ1v) is 5.37. The van der Waals surface area contributed by atoms with E-state index in [0.717, 1.165) is 17.0 Å². The molecule has 0 atom stereocenters. The molecule has 2 rings (SSSR count). The van der Waals surface area contributed by atoms with E-state index in [4.69, 9.17) is 10.5 Å². The van der Waals surface area contributed by atoms with Crippen LogP contribution in [0.2, 0.25) is 0 Å². The highest BCUT2D eigenvalue weighted by Gasteiger charge is 1.90. The second-order valence-electron chi connectivity index (χ2n) is 3.53. The maximum atomic E-state index is 5.57. The first-order chi connectivity index (χ1) is 8.34. The maximum absolute atomic E-state index is 5.57. The van der Waals surface area contributed by atoms with Crippen molar-refractivity contribution in [1.82, 2.24) is 0 Å². The average molecular weight is 223 g/mol. The Bertz CT molecular complexity index is 520. The van der Waals surface area contributed by atoms with Crippen molar-refractivity contribution in [3.05, 3.63) is 60.2 Å². The molecule has 0 radical (unpaired) electrons. The molecule has 0 bridgehead atoms. The first kappa shape index (κ1) is 11.1. The molecule has 2 N–H and O–H groups in total. The second-order valence-corrected chi connectivity index (χ2v) is 3.53. The fraction of sp³-hybridized carbons (Fsp3) is 0.0667. The van der Waals surface area contributed by atoms with Gasteiger partial charge in [-0.1, -0.05) is 30.0 Å². The minimum absolute atomic E-state index is 0.374. The van der Waals surface area contributed by atoms with Gasteiger partial charge in [-0.25, -0.2) is 0 Å². The zero-order chi connectivity index (χ0) is 11.9. The highest BCUT2D eigenvalue weighted by molar-refractivity contribution is 5.41. The van der Waals surface area contributed by atoms with E-state index in [1.165, 1.54) is 0 Å². The van der Waals surface area contributed by atoms with E-state index in [9.17, 15) is 0 Å². The average Bonchev–Trinajstić information content (AvgIpc) is 2.38. The van der Waals surface area contributed by atoms with Gasteiger partial charge in [-0.15, -0.1) is 0 Å². The lowest BCUT2D eigenvalue weighted by atomic mass is 10.2. The summed E-state index contributed by atoms with van der Waals surface area (Å²) in [6.45, 7) is 0.374. The lowest BCUT2D eigenvalue weighted by molar-refractivity contribution is 0.370. The van der Waals surface area contributed by atoms with Crippen molar-refractivity contribution in [1.29, 1.82) is 0 Å². The Morgan fingerprint density at radius 2 is 1.65 bits per heavy atom. The molecule has 2 heteroatoms. The molecule has 0 spiro atoms. The smallest absolute Gasteiger partial charge is 0.149 e. The van der Waals surface area contributed by atoms with Crippen LogP contribution in [-0.2, 0) is 0 Å². The molecule has 0 aromatic heterocycles. The fourth-order valence-electron chi connectivity index (χ4n) is 1.34. The molecule has 0 aliphatic carbocycles. The van der Waals surface area contributed by atoms with E-state index < -0.39 is 0 Å². The van der Waals surface area contributed by atoms with Gasteiger partial charge in [0.25, 0.3) is 0 Å². The van der Waals surface area contributed by atoms with Gasteiger partial charge in [0.15, 0.2) is 0 Å². The van der Waals surface area contributed by atoms with E-state index >= 15 is 0 Å². The second kappa shape index (κ2) is 5.62. The van der Waals surface area contributed by atoms with Crippen LogP contribution in [0.5, 0.6) is 5.75 Å². The van der Waals surface area contributed by atoms with Crippen LogP contribution in [0.1, 0.15) is 5.56 Å². The molecule has 0 unspecified atom stereocenters. The number of rotatable bonds is 2. The molecule has 0 aliphatic heterocycles. The number of nitrogen functional groups attached to an aromatic ring is 1. The predicted octanol–water partition coefficient (Wildman–Crippen LogP) is 2.70. The molecule has 84 valence electrons. The summed E-state index contributed by atoms with van der Waals surface area (Å²) in [7, 11) is 0.